The predicted octanol–water partition coefficient (Wildman–Crippen LogP) is 3.64. The van der Waals surface area contributed by atoms with Crippen LogP contribution in [0.3, 0.4) is 0 Å². The van der Waals surface area contributed by atoms with Gasteiger partial charge in [0.2, 0.25) is 0 Å². The molecule has 0 saturated carbocycles. The Morgan fingerprint density at radius 3 is 2.22 bits per heavy atom. The molecule has 0 heterocycles. The van der Waals surface area contributed by atoms with Crippen LogP contribution in [-0.4, -0.2) is 18.8 Å². The highest BCUT2D eigenvalue weighted by Gasteiger charge is 2.37. The smallest absolute Gasteiger partial charge is 0.420 e. The van der Waals surface area contributed by atoms with Crippen LogP contribution in [0.15, 0.2) is 12.1 Å². The van der Waals surface area contributed by atoms with Gasteiger partial charge in [-0.3, -0.25) is 0 Å². The van der Waals surface area contributed by atoms with Crippen molar-refractivity contribution in [2.24, 2.45) is 0 Å². The van der Waals surface area contributed by atoms with Crippen molar-refractivity contribution in [2.75, 3.05) is 13.7 Å². The second kappa shape index (κ2) is 4.97. The Hall–Kier alpha value is -0.940. The summed E-state index contributed by atoms with van der Waals surface area (Å²) in [5, 5.41) is 9.08. The first-order chi connectivity index (χ1) is 8.13. The minimum absolute atomic E-state index is 0.121. The van der Waals surface area contributed by atoms with Crippen molar-refractivity contribution < 1.29 is 23.0 Å². The standard InChI is InChI=1S/C12H14ClF3O2/c1-11(2,6-17)7-4-8(12(14,15)16)10(18-3)9(13)5-7/h4-5,17H,6H2,1-3H3. The Morgan fingerprint density at radius 1 is 1.28 bits per heavy atom. The molecule has 18 heavy (non-hydrogen) atoms. The van der Waals surface area contributed by atoms with Crippen LogP contribution >= 0.6 is 11.6 Å². The lowest BCUT2D eigenvalue weighted by molar-refractivity contribution is -0.138. The zero-order valence-electron chi connectivity index (χ0n) is 10.2. The van der Waals surface area contributed by atoms with Crippen molar-refractivity contribution >= 4 is 11.6 Å². The van der Waals surface area contributed by atoms with Crippen LogP contribution in [-0.2, 0) is 11.6 Å². The molecule has 1 aromatic rings. The third-order valence-electron chi connectivity index (χ3n) is 2.73. The lowest BCUT2D eigenvalue weighted by Crippen LogP contribution is -2.23. The SMILES string of the molecule is COc1c(Cl)cc(C(C)(C)CO)cc1C(F)(F)F. The number of benzene rings is 1. The van der Waals surface area contributed by atoms with Crippen LogP contribution in [0.25, 0.3) is 0 Å². The number of hydrogen-bond acceptors (Lipinski definition) is 2. The number of hydrogen-bond donors (Lipinski definition) is 1. The van der Waals surface area contributed by atoms with Gasteiger partial charge in [0, 0.05) is 5.41 Å². The van der Waals surface area contributed by atoms with E-state index in [0.717, 1.165) is 13.2 Å². The number of methoxy groups -OCH3 is 1. The van der Waals surface area contributed by atoms with Gasteiger partial charge in [0.25, 0.3) is 0 Å². The van der Waals surface area contributed by atoms with Gasteiger partial charge in [0.1, 0.15) is 5.75 Å². The molecule has 0 spiro atoms. The highest BCUT2D eigenvalue weighted by molar-refractivity contribution is 6.32. The molecular formula is C12H14ClF3O2. The van der Waals surface area contributed by atoms with E-state index in [4.69, 9.17) is 11.6 Å². The highest BCUT2D eigenvalue weighted by Crippen LogP contribution is 2.42. The Kier molecular flexibility index (Phi) is 4.18. The number of aliphatic hydroxyl groups excluding tert-OH is 1. The third-order valence-corrected chi connectivity index (χ3v) is 3.01. The van der Waals surface area contributed by atoms with Crippen LogP contribution in [0.1, 0.15) is 25.0 Å². The van der Waals surface area contributed by atoms with Gasteiger partial charge in [-0.15, -0.1) is 0 Å². The minimum atomic E-state index is -4.56. The first kappa shape index (κ1) is 15.1. The normalized spacial score (nSPS) is 12.7. The van der Waals surface area contributed by atoms with E-state index < -0.39 is 22.9 Å². The molecule has 6 heteroatoms. The molecule has 0 amide bonds. The fourth-order valence-corrected chi connectivity index (χ4v) is 1.79. The Balaban J connectivity index is 3.50. The average Bonchev–Trinajstić information content (AvgIpc) is 2.26. The van der Waals surface area contributed by atoms with Gasteiger partial charge in [-0.25, -0.2) is 0 Å². The maximum atomic E-state index is 12.9. The van der Waals surface area contributed by atoms with Crippen molar-refractivity contribution in [2.45, 2.75) is 25.4 Å². The summed E-state index contributed by atoms with van der Waals surface area (Å²) in [5.74, 6) is -0.401. The maximum absolute atomic E-state index is 12.9. The Bertz CT molecular complexity index is 442. The fourth-order valence-electron chi connectivity index (χ4n) is 1.49. The third kappa shape index (κ3) is 2.90. The Morgan fingerprint density at radius 2 is 1.83 bits per heavy atom. The maximum Gasteiger partial charge on any atom is 0.420 e. The molecule has 0 atom stereocenters. The van der Waals surface area contributed by atoms with E-state index >= 15 is 0 Å². The van der Waals surface area contributed by atoms with Crippen molar-refractivity contribution in [3.05, 3.63) is 28.3 Å². The first-order valence-electron chi connectivity index (χ1n) is 5.19. The van der Waals surface area contributed by atoms with Gasteiger partial charge in [-0.05, 0) is 17.7 Å². The zero-order valence-corrected chi connectivity index (χ0v) is 11.0. The van der Waals surface area contributed by atoms with Gasteiger partial charge >= 0.3 is 6.18 Å². The van der Waals surface area contributed by atoms with E-state index in [-0.39, 0.29) is 11.6 Å². The summed E-state index contributed by atoms with van der Waals surface area (Å²) in [6, 6.07) is 2.34. The molecule has 0 radical (unpaired) electrons. The number of ether oxygens (including phenoxy) is 1. The zero-order chi connectivity index (χ0) is 14.1. The largest absolute Gasteiger partial charge is 0.495 e. The van der Waals surface area contributed by atoms with E-state index in [1.54, 1.807) is 13.8 Å². The van der Waals surface area contributed by atoms with E-state index in [1.165, 1.54) is 6.07 Å². The van der Waals surface area contributed by atoms with Crippen molar-refractivity contribution in [3.8, 4) is 5.75 Å². The van der Waals surface area contributed by atoms with E-state index in [9.17, 15) is 18.3 Å². The van der Waals surface area contributed by atoms with Crippen molar-refractivity contribution in [1.82, 2.24) is 0 Å². The van der Waals surface area contributed by atoms with Crippen LogP contribution in [0.5, 0.6) is 5.75 Å². The topological polar surface area (TPSA) is 29.5 Å². The summed E-state index contributed by atoms with van der Waals surface area (Å²) >= 11 is 5.80. The van der Waals surface area contributed by atoms with Crippen LogP contribution in [0.4, 0.5) is 13.2 Å². The van der Waals surface area contributed by atoms with E-state index in [2.05, 4.69) is 4.74 Å². The molecule has 0 fully saturated rings. The van der Waals surface area contributed by atoms with Crippen LogP contribution in [0.2, 0.25) is 5.02 Å². The highest BCUT2D eigenvalue weighted by atomic mass is 35.5. The molecule has 0 aliphatic rings. The molecule has 1 rings (SSSR count). The molecule has 0 saturated heterocycles. The van der Waals surface area contributed by atoms with E-state index in [0.29, 0.717) is 5.56 Å². The molecule has 1 N–H and O–H groups in total. The molecule has 102 valence electrons. The average molecular weight is 283 g/mol. The minimum Gasteiger partial charge on any atom is -0.495 e. The number of aliphatic hydroxyl groups is 1. The lowest BCUT2D eigenvalue weighted by Gasteiger charge is -2.25. The second-order valence-electron chi connectivity index (χ2n) is 4.58. The summed E-state index contributed by atoms with van der Waals surface area (Å²) in [6.07, 6.45) is -4.56. The summed E-state index contributed by atoms with van der Waals surface area (Å²) in [5.41, 5.74) is -1.44. The monoisotopic (exact) mass is 282 g/mol. The van der Waals surface area contributed by atoms with Crippen LogP contribution < -0.4 is 4.74 Å². The van der Waals surface area contributed by atoms with Crippen LogP contribution in [0, 0.1) is 0 Å². The van der Waals surface area contributed by atoms with Gasteiger partial charge in [0.15, 0.2) is 0 Å². The molecule has 1 aromatic carbocycles. The first-order valence-corrected chi connectivity index (χ1v) is 5.57. The summed E-state index contributed by atoms with van der Waals surface area (Å²) in [7, 11) is 1.13. The second-order valence-corrected chi connectivity index (χ2v) is 4.99. The quantitative estimate of drug-likeness (QED) is 0.917. The van der Waals surface area contributed by atoms with E-state index in [1.807, 2.05) is 0 Å². The van der Waals surface area contributed by atoms with Crippen molar-refractivity contribution in [3.63, 3.8) is 0 Å². The molecular weight excluding hydrogens is 269 g/mol. The summed E-state index contributed by atoms with van der Waals surface area (Å²) < 4.78 is 43.3. The number of halogens is 4. The molecule has 0 aromatic heterocycles. The van der Waals surface area contributed by atoms with Gasteiger partial charge in [-0.2, -0.15) is 13.2 Å². The summed E-state index contributed by atoms with van der Waals surface area (Å²) in [6.45, 7) is 2.98. The molecule has 0 bridgehead atoms. The molecule has 0 unspecified atom stereocenters. The predicted molar refractivity (Wildman–Crippen MR) is 63.1 cm³/mol. The van der Waals surface area contributed by atoms with Gasteiger partial charge in [-0.1, -0.05) is 25.4 Å². The number of rotatable bonds is 3. The Labute approximate surface area is 108 Å². The molecule has 0 aliphatic heterocycles. The van der Waals surface area contributed by atoms with Gasteiger partial charge in [0.05, 0.1) is 24.3 Å². The fraction of sp³-hybridized carbons (Fsp3) is 0.500. The van der Waals surface area contributed by atoms with Gasteiger partial charge < -0.3 is 9.84 Å². The molecule has 0 aliphatic carbocycles. The van der Waals surface area contributed by atoms with Crippen molar-refractivity contribution in [1.29, 1.82) is 0 Å². The summed E-state index contributed by atoms with van der Waals surface area (Å²) in [4.78, 5) is 0. The number of alkyl halides is 3. The molecule has 2 nitrogen and oxygen atoms in total. The lowest BCUT2D eigenvalue weighted by atomic mass is 9.84.